The minimum atomic E-state index is 0.103. The van der Waals surface area contributed by atoms with Crippen LogP contribution in [0, 0.1) is 5.92 Å². The van der Waals surface area contributed by atoms with Crippen LogP contribution in [0.5, 0.6) is 0 Å². The number of fused-ring (bicyclic) bond motifs is 1. The zero-order valence-electron chi connectivity index (χ0n) is 13.7. The number of para-hydroxylation sites is 1. The van der Waals surface area contributed by atoms with E-state index in [0.29, 0.717) is 6.54 Å². The van der Waals surface area contributed by atoms with Crippen molar-refractivity contribution in [3.05, 3.63) is 29.3 Å². The van der Waals surface area contributed by atoms with E-state index in [1.807, 2.05) is 30.1 Å². The highest BCUT2D eigenvalue weighted by Crippen LogP contribution is 2.24. The lowest BCUT2D eigenvalue weighted by Gasteiger charge is -2.20. The van der Waals surface area contributed by atoms with Gasteiger partial charge in [-0.1, -0.05) is 12.1 Å². The van der Waals surface area contributed by atoms with Gasteiger partial charge >= 0.3 is 0 Å². The van der Waals surface area contributed by atoms with Crippen molar-refractivity contribution in [3.63, 3.8) is 0 Å². The van der Waals surface area contributed by atoms with E-state index in [9.17, 15) is 4.79 Å². The summed E-state index contributed by atoms with van der Waals surface area (Å²) in [5, 5.41) is 0.997. The number of amides is 1. The largest absolute Gasteiger partial charge is 0.383 e. The maximum absolute atomic E-state index is 12.6. The van der Waals surface area contributed by atoms with Gasteiger partial charge in [0, 0.05) is 27.2 Å². The number of nitrogens with zero attached hydrogens (tertiary/aromatic N) is 3. The Hall–Kier alpha value is -1.50. The van der Waals surface area contributed by atoms with E-state index in [1.165, 1.54) is 4.70 Å². The van der Waals surface area contributed by atoms with Crippen LogP contribution in [-0.4, -0.2) is 61.1 Å². The van der Waals surface area contributed by atoms with Gasteiger partial charge in [0.05, 0.1) is 29.3 Å². The lowest BCUT2D eigenvalue weighted by atomic mass is 10.1. The Morgan fingerprint density at radius 2 is 2.30 bits per heavy atom. The summed E-state index contributed by atoms with van der Waals surface area (Å²) in [7, 11) is 3.59. The first kappa shape index (κ1) is 16.4. The first-order valence-corrected chi connectivity index (χ1v) is 8.79. The maximum Gasteiger partial charge on any atom is 0.227 e. The Bertz CT molecular complexity index is 640. The lowest BCUT2D eigenvalue weighted by molar-refractivity contribution is -0.134. The molecule has 1 aromatic heterocycles. The number of hydrogen-bond donors (Lipinski definition) is 0. The van der Waals surface area contributed by atoms with E-state index in [-0.39, 0.29) is 11.8 Å². The molecule has 1 saturated heterocycles. The molecule has 0 bridgehead atoms. The van der Waals surface area contributed by atoms with Crippen LogP contribution in [0.15, 0.2) is 24.3 Å². The second-order valence-corrected chi connectivity index (χ2v) is 7.16. The predicted molar refractivity (Wildman–Crippen MR) is 92.5 cm³/mol. The Morgan fingerprint density at radius 1 is 1.48 bits per heavy atom. The SMILES string of the molecule is COCCN1CC[C@@H](C(=O)N(C)Cc2nc3ccccc3s2)C1. The number of carbonyl (C=O) groups excluding carboxylic acids is 1. The number of carbonyl (C=O) groups is 1. The lowest BCUT2D eigenvalue weighted by Crippen LogP contribution is -2.34. The van der Waals surface area contributed by atoms with Gasteiger partial charge in [-0.3, -0.25) is 4.79 Å². The molecule has 2 heterocycles. The minimum absolute atomic E-state index is 0.103. The van der Waals surface area contributed by atoms with E-state index in [1.54, 1.807) is 18.4 Å². The van der Waals surface area contributed by atoms with Gasteiger partial charge in [-0.05, 0) is 25.1 Å². The Labute approximate surface area is 140 Å². The third-order valence-electron chi connectivity index (χ3n) is 4.32. The standard InChI is InChI=1S/C17H23N3O2S/c1-19(12-16-18-14-5-3-4-6-15(14)23-16)17(21)13-7-8-20(11-13)9-10-22-2/h3-6,13H,7-12H2,1-2H3/t13-/m1/s1. The zero-order chi connectivity index (χ0) is 16.2. The van der Waals surface area contributed by atoms with Crippen molar-refractivity contribution in [2.45, 2.75) is 13.0 Å². The highest BCUT2D eigenvalue weighted by Gasteiger charge is 2.30. The quantitative estimate of drug-likeness (QED) is 0.813. The third kappa shape index (κ3) is 3.88. The number of rotatable bonds is 6. The van der Waals surface area contributed by atoms with Gasteiger partial charge in [-0.25, -0.2) is 4.98 Å². The van der Waals surface area contributed by atoms with Crippen molar-refractivity contribution in [2.75, 3.05) is 40.4 Å². The monoisotopic (exact) mass is 333 g/mol. The van der Waals surface area contributed by atoms with Crippen LogP contribution in [0.4, 0.5) is 0 Å². The second kappa shape index (κ2) is 7.38. The number of likely N-dealkylation sites (tertiary alicyclic amines) is 1. The average molecular weight is 333 g/mol. The van der Waals surface area contributed by atoms with Crippen LogP contribution in [0.25, 0.3) is 10.2 Å². The van der Waals surface area contributed by atoms with Crippen LogP contribution >= 0.6 is 11.3 Å². The number of ether oxygens (including phenoxy) is 1. The minimum Gasteiger partial charge on any atom is -0.383 e. The van der Waals surface area contributed by atoms with E-state index in [4.69, 9.17) is 4.74 Å². The number of aromatic nitrogens is 1. The number of thiazole rings is 1. The molecule has 0 unspecified atom stereocenters. The normalized spacial score (nSPS) is 18.6. The number of methoxy groups -OCH3 is 1. The Kier molecular flexibility index (Phi) is 5.25. The molecule has 1 amide bonds. The molecule has 0 saturated carbocycles. The molecular weight excluding hydrogens is 310 g/mol. The third-order valence-corrected chi connectivity index (χ3v) is 5.34. The van der Waals surface area contributed by atoms with E-state index < -0.39 is 0 Å². The summed E-state index contributed by atoms with van der Waals surface area (Å²) in [4.78, 5) is 21.4. The van der Waals surface area contributed by atoms with Crippen LogP contribution < -0.4 is 0 Å². The molecule has 5 nitrogen and oxygen atoms in total. The summed E-state index contributed by atoms with van der Waals surface area (Å²) in [6.07, 6.45) is 0.937. The van der Waals surface area contributed by atoms with Crippen LogP contribution in [0.1, 0.15) is 11.4 Å². The fraction of sp³-hybridized carbons (Fsp3) is 0.529. The summed E-state index contributed by atoms with van der Waals surface area (Å²) < 4.78 is 6.29. The number of benzene rings is 1. The summed E-state index contributed by atoms with van der Waals surface area (Å²) in [6.45, 7) is 4.04. The topological polar surface area (TPSA) is 45.7 Å². The molecule has 2 aromatic rings. The fourth-order valence-corrected chi connectivity index (χ4v) is 4.06. The predicted octanol–water partition coefficient (Wildman–Crippen LogP) is 2.22. The Morgan fingerprint density at radius 3 is 3.09 bits per heavy atom. The molecule has 0 spiro atoms. The van der Waals surface area contributed by atoms with Crippen LogP contribution in [0.2, 0.25) is 0 Å². The van der Waals surface area contributed by atoms with Gasteiger partial charge in [0.15, 0.2) is 0 Å². The molecule has 1 aliphatic heterocycles. The molecule has 1 fully saturated rings. The molecule has 0 radical (unpaired) electrons. The molecule has 0 aliphatic carbocycles. The molecule has 0 N–H and O–H groups in total. The van der Waals surface area contributed by atoms with Gasteiger partial charge in [-0.15, -0.1) is 11.3 Å². The molecule has 1 aromatic carbocycles. The molecular formula is C17H23N3O2S. The molecule has 1 atom stereocenters. The first-order chi connectivity index (χ1) is 11.2. The van der Waals surface area contributed by atoms with Crippen LogP contribution in [-0.2, 0) is 16.1 Å². The van der Waals surface area contributed by atoms with E-state index >= 15 is 0 Å². The second-order valence-electron chi connectivity index (χ2n) is 6.05. The van der Waals surface area contributed by atoms with Crippen molar-refractivity contribution in [2.24, 2.45) is 5.92 Å². The van der Waals surface area contributed by atoms with E-state index in [0.717, 1.165) is 43.2 Å². The van der Waals surface area contributed by atoms with Gasteiger partial charge < -0.3 is 14.5 Å². The van der Waals surface area contributed by atoms with Crippen molar-refractivity contribution in [3.8, 4) is 0 Å². The first-order valence-electron chi connectivity index (χ1n) is 7.98. The van der Waals surface area contributed by atoms with Gasteiger partial charge in [0.25, 0.3) is 0 Å². The average Bonchev–Trinajstić information content (AvgIpc) is 3.18. The van der Waals surface area contributed by atoms with Gasteiger partial charge in [0.1, 0.15) is 5.01 Å². The van der Waals surface area contributed by atoms with Crippen molar-refractivity contribution >= 4 is 27.5 Å². The summed E-state index contributed by atoms with van der Waals surface area (Å²) in [6, 6.07) is 8.10. The molecule has 124 valence electrons. The highest BCUT2D eigenvalue weighted by atomic mass is 32.1. The van der Waals surface area contributed by atoms with Crippen molar-refractivity contribution in [1.82, 2.24) is 14.8 Å². The highest BCUT2D eigenvalue weighted by molar-refractivity contribution is 7.18. The van der Waals surface area contributed by atoms with Crippen molar-refractivity contribution < 1.29 is 9.53 Å². The smallest absolute Gasteiger partial charge is 0.227 e. The number of hydrogen-bond acceptors (Lipinski definition) is 5. The zero-order valence-corrected chi connectivity index (χ0v) is 14.5. The van der Waals surface area contributed by atoms with Crippen LogP contribution in [0.3, 0.4) is 0 Å². The molecule has 1 aliphatic rings. The summed E-state index contributed by atoms with van der Waals surface area (Å²) >= 11 is 1.67. The summed E-state index contributed by atoms with van der Waals surface area (Å²) in [5.41, 5.74) is 1.01. The maximum atomic E-state index is 12.6. The van der Waals surface area contributed by atoms with Gasteiger partial charge in [-0.2, -0.15) is 0 Å². The Balaban J connectivity index is 1.57. The van der Waals surface area contributed by atoms with Crippen molar-refractivity contribution in [1.29, 1.82) is 0 Å². The van der Waals surface area contributed by atoms with Gasteiger partial charge in [0.2, 0.25) is 5.91 Å². The van der Waals surface area contributed by atoms with E-state index in [2.05, 4.69) is 16.0 Å². The molecule has 6 heteroatoms. The fourth-order valence-electron chi connectivity index (χ4n) is 3.04. The summed E-state index contributed by atoms with van der Waals surface area (Å²) in [5.74, 6) is 0.329. The molecule has 3 rings (SSSR count). The molecule has 23 heavy (non-hydrogen) atoms.